The minimum absolute atomic E-state index is 0.172. The van der Waals surface area contributed by atoms with E-state index >= 15 is 0 Å². The van der Waals surface area contributed by atoms with Crippen LogP contribution in [0.3, 0.4) is 0 Å². The Kier molecular flexibility index (Phi) is 7.94. The van der Waals surface area contributed by atoms with E-state index in [0.717, 1.165) is 30.3 Å². The third kappa shape index (κ3) is 5.75. The predicted molar refractivity (Wildman–Crippen MR) is 118 cm³/mol. The molecule has 0 heterocycles. The molecule has 0 atom stereocenters. The van der Waals surface area contributed by atoms with Crippen LogP contribution >= 0.6 is 0 Å². The second kappa shape index (κ2) is 9.97. The van der Waals surface area contributed by atoms with Crippen molar-refractivity contribution in [2.75, 3.05) is 19.7 Å². The molecule has 0 spiro atoms. The predicted octanol–water partition coefficient (Wildman–Crippen LogP) is 6.73. The molecule has 2 rings (SSSR count). The fourth-order valence-corrected chi connectivity index (χ4v) is 3.57. The van der Waals surface area contributed by atoms with Crippen molar-refractivity contribution >= 4 is 0 Å². The van der Waals surface area contributed by atoms with E-state index in [2.05, 4.69) is 58.6 Å². The highest BCUT2D eigenvalue weighted by atomic mass is 16.5. The van der Waals surface area contributed by atoms with Gasteiger partial charge in [0.05, 0.1) is 6.61 Å². The van der Waals surface area contributed by atoms with Gasteiger partial charge in [-0.1, -0.05) is 58.0 Å². The quantitative estimate of drug-likeness (QED) is 0.454. The topological polar surface area (TPSA) is 21.7 Å². The molecule has 0 saturated heterocycles. The summed E-state index contributed by atoms with van der Waals surface area (Å²) in [7, 11) is 0. The summed E-state index contributed by atoms with van der Waals surface area (Å²) in [6.07, 6.45) is 0. The van der Waals surface area contributed by atoms with E-state index in [4.69, 9.17) is 9.47 Å². The molecule has 0 bridgehead atoms. The van der Waals surface area contributed by atoms with Crippen LogP contribution in [0.25, 0.3) is 0 Å². The first-order chi connectivity index (χ1) is 13.3. The highest BCUT2D eigenvalue weighted by Gasteiger charge is 2.33. The monoisotopic (exact) mass is 383 g/mol. The molecule has 0 radical (unpaired) electrons. The van der Waals surface area contributed by atoms with Crippen molar-refractivity contribution < 1.29 is 9.47 Å². The molecule has 154 valence electrons. The van der Waals surface area contributed by atoms with Gasteiger partial charge in [0.25, 0.3) is 0 Å². The SMILES string of the molecule is CCOc1c(Oc2ccccc2)cccc1C(C)(C)N(CC(C)C)CC(C)C. The lowest BCUT2D eigenvalue weighted by Gasteiger charge is -2.42. The van der Waals surface area contributed by atoms with Gasteiger partial charge < -0.3 is 9.47 Å². The molecule has 0 aliphatic rings. The normalized spacial score (nSPS) is 12.1. The summed E-state index contributed by atoms with van der Waals surface area (Å²) >= 11 is 0. The first kappa shape index (κ1) is 22.3. The van der Waals surface area contributed by atoms with E-state index in [-0.39, 0.29) is 5.54 Å². The first-order valence-electron chi connectivity index (χ1n) is 10.5. The van der Waals surface area contributed by atoms with Gasteiger partial charge in [0.2, 0.25) is 0 Å². The van der Waals surface area contributed by atoms with Gasteiger partial charge in [-0.05, 0) is 50.8 Å². The van der Waals surface area contributed by atoms with Crippen molar-refractivity contribution in [3.63, 3.8) is 0 Å². The molecule has 0 saturated carbocycles. The lowest BCUT2D eigenvalue weighted by atomic mass is 9.89. The summed E-state index contributed by atoms with van der Waals surface area (Å²) in [4.78, 5) is 2.58. The van der Waals surface area contributed by atoms with Crippen LogP contribution in [0.1, 0.15) is 54.0 Å². The summed E-state index contributed by atoms with van der Waals surface area (Å²) in [5, 5.41) is 0. The average molecular weight is 384 g/mol. The molecule has 0 aromatic heterocycles. The fourth-order valence-electron chi connectivity index (χ4n) is 3.57. The first-order valence-corrected chi connectivity index (χ1v) is 10.5. The van der Waals surface area contributed by atoms with Gasteiger partial charge in [-0.25, -0.2) is 0 Å². The van der Waals surface area contributed by atoms with Gasteiger partial charge >= 0.3 is 0 Å². The largest absolute Gasteiger partial charge is 0.490 e. The van der Waals surface area contributed by atoms with Gasteiger partial charge in [-0.2, -0.15) is 0 Å². The zero-order chi connectivity index (χ0) is 20.7. The molecule has 0 N–H and O–H groups in total. The average Bonchev–Trinajstić information content (AvgIpc) is 2.62. The Bertz CT molecular complexity index is 713. The Morgan fingerprint density at radius 3 is 2.00 bits per heavy atom. The summed E-state index contributed by atoms with van der Waals surface area (Å²) in [6, 6.07) is 16.1. The van der Waals surface area contributed by atoms with Crippen LogP contribution in [0.4, 0.5) is 0 Å². The molecule has 3 nitrogen and oxygen atoms in total. The number of para-hydroxylation sites is 2. The van der Waals surface area contributed by atoms with E-state index in [0.29, 0.717) is 18.4 Å². The van der Waals surface area contributed by atoms with Crippen molar-refractivity contribution in [1.82, 2.24) is 4.90 Å². The summed E-state index contributed by atoms with van der Waals surface area (Å²) < 4.78 is 12.3. The van der Waals surface area contributed by atoms with Crippen LogP contribution in [-0.2, 0) is 5.54 Å². The molecule has 2 aromatic carbocycles. The molecule has 0 aliphatic heterocycles. The molecule has 0 amide bonds. The second-order valence-electron chi connectivity index (χ2n) is 8.73. The summed E-state index contributed by atoms with van der Waals surface area (Å²) in [6.45, 7) is 18.4. The van der Waals surface area contributed by atoms with E-state index < -0.39 is 0 Å². The number of ether oxygens (including phenoxy) is 2. The van der Waals surface area contributed by atoms with E-state index in [1.54, 1.807) is 0 Å². The molecule has 0 unspecified atom stereocenters. The van der Waals surface area contributed by atoms with Gasteiger partial charge in [-0.3, -0.25) is 4.90 Å². The van der Waals surface area contributed by atoms with Crippen LogP contribution in [0.2, 0.25) is 0 Å². The smallest absolute Gasteiger partial charge is 0.169 e. The van der Waals surface area contributed by atoms with Gasteiger partial charge in [0.1, 0.15) is 5.75 Å². The third-order valence-corrected chi connectivity index (χ3v) is 4.86. The molecular weight excluding hydrogens is 346 g/mol. The lowest BCUT2D eigenvalue weighted by molar-refractivity contribution is 0.0856. The third-order valence-electron chi connectivity index (χ3n) is 4.86. The van der Waals surface area contributed by atoms with Crippen LogP contribution in [0.5, 0.6) is 17.2 Å². The van der Waals surface area contributed by atoms with Crippen LogP contribution in [0, 0.1) is 11.8 Å². The van der Waals surface area contributed by atoms with Crippen LogP contribution < -0.4 is 9.47 Å². The Morgan fingerprint density at radius 1 is 0.857 bits per heavy atom. The number of nitrogens with zero attached hydrogens (tertiary/aromatic N) is 1. The zero-order valence-corrected chi connectivity index (χ0v) is 18.7. The standard InChI is InChI=1S/C25H37NO2/c1-8-27-24-22(25(6,7)26(17-19(2)3)18-20(4)5)15-12-16-23(24)28-21-13-10-9-11-14-21/h9-16,19-20H,8,17-18H2,1-7H3. The number of hydrogen-bond donors (Lipinski definition) is 0. The highest BCUT2D eigenvalue weighted by Crippen LogP contribution is 2.42. The van der Waals surface area contributed by atoms with Crippen LogP contribution in [0.15, 0.2) is 48.5 Å². The maximum Gasteiger partial charge on any atom is 0.169 e. The van der Waals surface area contributed by atoms with Crippen molar-refractivity contribution in [1.29, 1.82) is 0 Å². The molecule has 2 aromatic rings. The Hall–Kier alpha value is -2.00. The minimum Gasteiger partial charge on any atom is -0.490 e. The van der Waals surface area contributed by atoms with Crippen molar-refractivity contribution in [2.24, 2.45) is 11.8 Å². The molecule has 3 heteroatoms. The van der Waals surface area contributed by atoms with Crippen molar-refractivity contribution in [2.45, 2.75) is 54.0 Å². The van der Waals surface area contributed by atoms with E-state index in [1.807, 2.05) is 43.3 Å². The summed E-state index contributed by atoms with van der Waals surface area (Å²) in [5.41, 5.74) is 0.999. The van der Waals surface area contributed by atoms with E-state index in [9.17, 15) is 0 Å². The number of benzene rings is 2. The lowest BCUT2D eigenvalue weighted by Crippen LogP contribution is -2.45. The maximum atomic E-state index is 6.20. The van der Waals surface area contributed by atoms with Gasteiger partial charge in [-0.15, -0.1) is 0 Å². The Morgan fingerprint density at radius 2 is 1.46 bits per heavy atom. The summed E-state index contributed by atoms with van der Waals surface area (Å²) in [5.74, 6) is 3.62. The second-order valence-corrected chi connectivity index (χ2v) is 8.73. The number of hydrogen-bond acceptors (Lipinski definition) is 3. The fraction of sp³-hybridized carbons (Fsp3) is 0.520. The van der Waals surface area contributed by atoms with Crippen molar-refractivity contribution in [3.05, 3.63) is 54.1 Å². The Labute approximate surface area is 171 Å². The van der Waals surface area contributed by atoms with Gasteiger partial charge in [0, 0.05) is 24.2 Å². The Balaban J connectivity index is 2.47. The molecule has 0 fully saturated rings. The van der Waals surface area contributed by atoms with Crippen molar-refractivity contribution in [3.8, 4) is 17.2 Å². The van der Waals surface area contributed by atoms with Gasteiger partial charge in [0.15, 0.2) is 11.5 Å². The molecule has 28 heavy (non-hydrogen) atoms. The van der Waals surface area contributed by atoms with E-state index in [1.165, 1.54) is 5.56 Å². The minimum atomic E-state index is -0.172. The van der Waals surface area contributed by atoms with Crippen LogP contribution in [-0.4, -0.2) is 24.6 Å². The number of rotatable bonds is 10. The highest BCUT2D eigenvalue weighted by molar-refractivity contribution is 5.51. The molecular formula is C25H37NO2. The molecule has 0 aliphatic carbocycles. The zero-order valence-electron chi connectivity index (χ0n) is 18.7. The maximum absolute atomic E-state index is 6.20.